The highest BCUT2D eigenvalue weighted by Crippen LogP contribution is 2.18. The van der Waals surface area contributed by atoms with Gasteiger partial charge in [0.2, 0.25) is 0 Å². The van der Waals surface area contributed by atoms with E-state index in [0.717, 1.165) is 19.4 Å². The highest BCUT2D eigenvalue weighted by Gasteiger charge is 2.18. The lowest BCUT2D eigenvalue weighted by Crippen LogP contribution is -2.32. The Bertz CT molecular complexity index is 400. The van der Waals surface area contributed by atoms with E-state index in [2.05, 4.69) is 5.32 Å². The maximum Gasteiger partial charge on any atom is 0.255 e. The van der Waals surface area contributed by atoms with Gasteiger partial charge in [-0.15, -0.1) is 0 Å². The Hall–Kier alpha value is -1.55. The van der Waals surface area contributed by atoms with Crippen molar-refractivity contribution < 1.29 is 14.3 Å². The van der Waals surface area contributed by atoms with Gasteiger partial charge in [0, 0.05) is 13.2 Å². The van der Waals surface area contributed by atoms with Gasteiger partial charge in [-0.2, -0.15) is 0 Å². The van der Waals surface area contributed by atoms with Crippen molar-refractivity contribution in [2.45, 2.75) is 25.9 Å². The largest absolute Gasteiger partial charge is 0.493 e. The standard InChI is InChI=1S/C14H19NO3/c1-2-17-13-8-4-3-7-12(13)14(16)15-10-11-6-5-9-18-11/h3-4,7-8,11H,2,5-6,9-10H2,1H3,(H,15,16)/t11-/m0/s1. The minimum Gasteiger partial charge on any atom is -0.493 e. The molecule has 0 aromatic heterocycles. The maximum absolute atomic E-state index is 12.1. The van der Waals surface area contributed by atoms with E-state index >= 15 is 0 Å². The summed E-state index contributed by atoms with van der Waals surface area (Å²) in [6.45, 7) is 3.83. The van der Waals surface area contributed by atoms with Gasteiger partial charge >= 0.3 is 0 Å². The average Bonchev–Trinajstić information content (AvgIpc) is 2.90. The molecule has 1 fully saturated rings. The maximum atomic E-state index is 12.1. The third-order valence-electron chi connectivity index (χ3n) is 2.95. The van der Waals surface area contributed by atoms with E-state index in [1.54, 1.807) is 6.07 Å². The lowest BCUT2D eigenvalue weighted by Gasteiger charge is -2.13. The Morgan fingerprint density at radius 3 is 3.06 bits per heavy atom. The van der Waals surface area contributed by atoms with Crippen LogP contribution in [0.4, 0.5) is 0 Å². The summed E-state index contributed by atoms with van der Waals surface area (Å²) in [5.41, 5.74) is 0.581. The SMILES string of the molecule is CCOc1ccccc1C(=O)NC[C@@H]1CCCO1. The zero-order valence-corrected chi connectivity index (χ0v) is 10.6. The van der Waals surface area contributed by atoms with Crippen molar-refractivity contribution >= 4 is 5.91 Å². The minimum absolute atomic E-state index is 0.102. The normalized spacial score (nSPS) is 18.6. The van der Waals surface area contributed by atoms with Gasteiger partial charge < -0.3 is 14.8 Å². The van der Waals surface area contributed by atoms with Crippen LogP contribution in [0, 0.1) is 0 Å². The lowest BCUT2D eigenvalue weighted by atomic mass is 10.1. The van der Waals surface area contributed by atoms with Gasteiger partial charge in [-0.05, 0) is 31.9 Å². The summed E-state index contributed by atoms with van der Waals surface area (Å²) in [5, 5.41) is 2.90. The third-order valence-corrected chi connectivity index (χ3v) is 2.95. The molecule has 0 saturated carbocycles. The second kappa shape index (κ2) is 6.40. The molecule has 0 unspecified atom stereocenters. The number of amides is 1. The van der Waals surface area contributed by atoms with Crippen molar-refractivity contribution in [3.63, 3.8) is 0 Å². The molecule has 1 aromatic rings. The summed E-state index contributed by atoms with van der Waals surface area (Å²) in [5.74, 6) is 0.527. The smallest absolute Gasteiger partial charge is 0.255 e. The van der Waals surface area contributed by atoms with Crippen LogP contribution in [0.15, 0.2) is 24.3 Å². The second-order valence-electron chi connectivity index (χ2n) is 4.27. The van der Waals surface area contributed by atoms with Gasteiger partial charge in [0.05, 0.1) is 18.3 Å². The molecule has 1 aromatic carbocycles. The number of rotatable bonds is 5. The average molecular weight is 249 g/mol. The summed E-state index contributed by atoms with van der Waals surface area (Å²) >= 11 is 0. The quantitative estimate of drug-likeness (QED) is 0.868. The molecule has 4 heteroatoms. The summed E-state index contributed by atoms with van der Waals surface area (Å²) in [6, 6.07) is 7.28. The number of nitrogens with one attached hydrogen (secondary N) is 1. The predicted octanol–water partition coefficient (Wildman–Crippen LogP) is 1.99. The van der Waals surface area contributed by atoms with Crippen LogP contribution in [0.1, 0.15) is 30.1 Å². The van der Waals surface area contributed by atoms with Crippen molar-refractivity contribution in [1.82, 2.24) is 5.32 Å². The second-order valence-corrected chi connectivity index (χ2v) is 4.27. The molecule has 1 atom stereocenters. The zero-order valence-electron chi connectivity index (χ0n) is 10.6. The van der Waals surface area contributed by atoms with Gasteiger partial charge in [-0.3, -0.25) is 4.79 Å². The van der Waals surface area contributed by atoms with Gasteiger partial charge in [-0.25, -0.2) is 0 Å². The zero-order chi connectivity index (χ0) is 12.8. The van der Waals surface area contributed by atoms with Crippen LogP contribution in [0.3, 0.4) is 0 Å². The van der Waals surface area contributed by atoms with E-state index in [1.165, 1.54) is 0 Å². The number of hydrogen-bond donors (Lipinski definition) is 1. The molecular formula is C14H19NO3. The fourth-order valence-electron chi connectivity index (χ4n) is 2.04. The van der Waals surface area contributed by atoms with Crippen molar-refractivity contribution in [2.24, 2.45) is 0 Å². The Balaban J connectivity index is 1.94. The van der Waals surface area contributed by atoms with Crippen LogP contribution in [-0.2, 0) is 4.74 Å². The van der Waals surface area contributed by atoms with E-state index < -0.39 is 0 Å². The van der Waals surface area contributed by atoms with Crippen molar-refractivity contribution in [3.8, 4) is 5.75 Å². The van der Waals surface area contributed by atoms with Crippen molar-refractivity contribution in [3.05, 3.63) is 29.8 Å². The topological polar surface area (TPSA) is 47.6 Å². The Morgan fingerprint density at radius 1 is 1.50 bits per heavy atom. The number of para-hydroxylation sites is 1. The van der Waals surface area contributed by atoms with E-state index in [0.29, 0.717) is 24.5 Å². The molecule has 1 N–H and O–H groups in total. The van der Waals surface area contributed by atoms with Crippen LogP contribution in [0.25, 0.3) is 0 Å². The minimum atomic E-state index is -0.102. The molecule has 18 heavy (non-hydrogen) atoms. The Labute approximate surface area is 107 Å². The van der Waals surface area contributed by atoms with Gasteiger partial charge in [0.15, 0.2) is 0 Å². The molecule has 0 bridgehead atoms. The van der Waals surface area contributed by atoms with Gasteiger partial charge in [0.25, 0.3) is 5.91 Å². The Morgan fingerprint density at radius 2 is 2.33 bits per heavy atom. The lowest BCUT2D eigenvalue weighted by molar-refractivity contribution is 0.0854. The molecule has 1 amide bonds. The summed E-state index contributed by atoms with van der Waals surface area (Å²) < 4.78 is 10.9. The molecule has 1 aliphatic heterocycles. The molecule has 98 valence electrons. The molecule has 0 radical (unpaired) electrons. The molecule has 1 heterocycles. The molecule has 1 saturated heterocycles. The number of benzene rings is 1. The molecule has 0 spiro atoms. The van der Waals surface area contributed by atoms with Gasteiger partial charge in [0.1, 0.15) is 5.75 Å². The molecule has 0 aliphatic carbocycles. The van der Waals surface area contributed by atoms with Crippen LogP contribution < -0.4 is 10.1 Å². The van der Waals surface area contributed by atoms with Crippen LogP contribution in [0.5, 0.6) is 5.75 Å². The molecule has 2 rings (SSSR count). The van der Waals surface area contributed by atoms with E-state index in [1.807, 2.05) is 25.1 Å². The summed E-state index contributed by atoms with van der Waals surface area (Å²) in [6.07, 6.45) is 2.26. The number of ether oxygens (including phenoxy) is 2. The van der Waals surface area contributed by atoms with Crippen molar-refractivity contribution in [2.75, 3.05) is 19.8 Å². The number of carbonyl (C=O) groups excluding carboxylic acids is 1. The van der Waals surface area contributed by atoms with Crippen LogP contribution in [0.2, 0.25) is 0 Å². The van der Waals surface area contributed by atoms with Gasteiger partial charge in [-0.1, -0.05) is 12.1 Å². The van der Waals surface area contributed by atoms with Crippen LogP contribution >= 0.6 is 0 Å². The first-order chi connectivity index (χ1) is 8.81. The summed E-state index contributed by atoms with van der Waals surface area (Å²) in [7, 11) is 0. The Kier molecular flexibility index (Phi) is 4.59. The molecule has 1 aliphatic rings. The fourth-order valence-corrected chi connectivity index (χ4v) is 2.04. The summed E-state index contributed by atoms with van der Waals surface area (Å²) in [4.78, 5) is 12.1. The fraction of sp³-hybridized carbons (Fsp3) is 0.500. The molecule has 4 nitrogen and oxygen atoms in total. The predicted molar refractivity (Wildman–Crippen MR) is 68.9 cm³/mol. The molecular weight excluding hydrogens is 230 g/mol. The van der Waals surface area contributed by atoms with E-state index in [4.69, 9.17) is 9.47 Å². The first kappa shape index (κ1) is 12.9. The highest BCUT2D eigenvalue weighted by molar-refractivity contribution is 5.96. The monoisotopic (exact) mass is 249 g/mol. The first-order valence-corrected chi connectivity index (χ1v) is 6.43. The third kappa shape index (κ3) is 3.23. The van der Waals surface area contributed by atoms with E-state index in [9.17, 15) is 4.79 Å². The first-order valence-electron chi connectivity index (χ1n) is 6.43. The highest BCUT2D eigenvalue weighted by atomic mass is 16.5. The number of carbonyl (C=O) groups is 1. The van der Waals surface area contributed by atoms with Crippen LogP contribution in [-0.4, -0.2) is 31.8 Å². The van der Waals surface area contributed by atoms with Crippen molar-refractivity contribution in [1.29, 1.82) is 0 Å². The van der Waals surface area contributed by atoms with E-state index in [-0.39, 0.29) is 12.0 Å². The number of hydrogen-bond acceptors (Lipinski definition) is 3.